The van der Waals surface area contributed by atoms with Crippen molar-refractivity contribution in [1.82, 2.24) is 20.2 Å². The quantitative estimate of drug-likeness (QED) is 0.674. The van der Waals surface area contributed by atoms with Gasteiger partial charge < -0.3 is 0 Å². The number of aromatic nitrogens is 4. The molecule has 0 saturated heterocycles. The summed E-state index contributed by atoms with van der Waals surface area (Å²) < 4.78 is 13.1. The van der Waals surface area contributed by atoms with Gasteiger partial charge in [0.05, 0.1) is 17.4 Å². The van der Waals surface area contributed by atoms with Crippen molar-refractivity contribution in [2.45, 2.75) is 0 Å². The molecule has 4 nitrogen and oxygen atoms in total. The van der Waals surface area contributed by atoms with Crippen molar-refractivity contribution in [3.63, 3.8) is 0 Å². The first-order chi connectivity index (χ1) is 8.24. The smallest absolute Gasteiger partial charge is 0.223 e. The molecule has 0 spiro atoms. The van der Waals surface area contributed by atoms with Crippen molar-refractivity contribution in [3.8, 4) is 11.3 Å². The highest BCUT2D eigenvalue weighted by Gasteiger charge is 2.10. The Morgan fingerprint density at radius 1 is 1.24 bits per heavy atom. The Bertz CT molecular complexity index is 676. The standard InChI is InChI=1S/C11H6ClFN4/c12-11-16-9-3-7(13)1-2-8(9)10(17-11)6-4-14-15-5-6/h1-5H,(H,14,15). The molecule has 84 valence electrons. The van der Waals surface area contributed by atoms with E-state index >= 15 is 0 Å². The lowest BCUT2D eigenvalue weighted by Gasteiger charge is -2.03. The molecule has 0 aliphatic carbocycles. The van der Waals surface area contributed by atoms with Crippen molar-refractivity contribution >= 4 is 22.5 Å². The van der Waals surface area contributed by atoms with E-state index in [1.165, 1.54) is 12.1 Å². The maximum absolute atomic E-state index is 13.1. The second-order valence-electron chi connectivity index (χ2n) is 3.49. The van der Waals surface area contributed by atoms with Crippen molar-refractivity contribution in [2.24, 2.45) is 0 Å². The van der Waals surface area contributed by atoms with Gasteiger partial charge in [-0.2, -0.15) is 5.10 Å². The molecule has 0 aliphatic heterocycles. The van der Waals surface area contributed by atoms with E-state index in [0.29, 0.717) is 11.2 Å². The number of hydrogen-bond acceptors (Lipinski definition) is 3. The first kappa shape index (κ1) is 10.2. The Morgan fingerprint density at radius 2 is 2.12 bits per heavy atom. The van der Waals surface area contributed by atoms with E-state index in [-0.39, 0.29) is 11.1 Å². The predicted octanol–water partition coefficient (Wildman–Crippen LogP) is 2.81. The molecule has 0 unspecified atom stereocenters. The summed E-state index contributed by atoms with van der Waals surface area (Å²) in [4.78, 5) is 8.14. The second kappa shape index (κ2) is 3.78. The third-order valence-corrected chi connectivity index (χ3v) is 2.57. The molecule has 2 aromatic heterocycles. The molecule has 0 bridgehead atoms. The number of aromatic amines is 1. The molecular formula is C11H6ClFN4. The minimum atomic E-state index is -0.356. The van der Waals surface area contributed by atoms with Gasteiger partial charge in [0.15, 0.2) is 0 Å². The first-order valence-electron chi connectivity index (χ1n) is 4.86. The monoisotopic (exact) mass is 248 g/mol. The number of nitrogens with zero attached hydrogens (tertiary/aromatic N) is 3. The highest BCUT2D eigenvalue weighted by molar-refractivity contribution is 6.28. The third-order valence-electron chi connectivity index (χ3n) is 2.40. The summed E-state index contributed by atoms with van der Waals surface area (Å²) in [5.41, 5.74) is 1.89. The molecular weight excluding hydrogens is 243 g/mol. The molecule has 1 N–H and O–H groups in total. The largest absolute Gasteiger partial charge is 0.285 e. The Balaban J connectivity index is 2.38. The number of nitrogens with one attached hydrogen (secondary N) is 1. The van der Waals surface area contributed by atoms with Crippen molar-refractivity contribution in [3.05, 3.63) is 41.7 Å². The number of H-pyrrole nitrogens is 1. The summed E-state index contributed by atoms with van der Waals surface area (Å²) in [6, 6.07) is 4.32. The maximum atomic E-state index is 13.1. The molecule has 6 heteroatoms. The first-order valence-corrected chi connectivity index (χ1v) is 5.24. The van der Waals surface area contributed by atoms with Gasteiger partial charge in [0.2, 0.25) is 5.28 Å². The van der Waals surface area contributed by atoms with Gasteiger partial charge in [-0.25, -0.2) is 14.4 Å². The van der Waals surface area contributed by atoms with Crippen LogP contribution in [0.4, 0.5) is 4.39 Å². The lowest BCUT2D eigenvalue weighted by Crippen LogP contribution is -1.91. The number of halogens is 2. The third kappa shape index (κ3) is 1.74. The summed E-state index contributed by atoms with van der Waals surface area (Å²) >= 11 is 5.82. The van der Waals surface area contributed by atoms with Crippen LogP contribution < -0.4 is 0 Å². The fourth-order valence-corrected chi connectivity index (χ4v) is 1.85. The van der Waals surface area contributed by atoms with Crippen LogP contribution in [-0.4, -0.2) is 20.2 Å². The van der Waals surface area contributed by atoms with E-state index in [9.17, 15) is 4.39 Å². The molecule has 0 amide bonds. The summed E-state index contributed by atoms with van der Waals surface area (Å²) in [6.07, 6.45) is 3.32. The van der Waals surface area contributed by atoms with Crippen LogP contribution in [0.5, 0.6) is 0 Å². The zero-order chi connectivity index (χ0) is 11.8. The summed E-state index contributed by atoms with van der Waals surface area (Å²) in [5.74, 6) is -0.356. The lowest BCUT2D eigenvalue weighted by atomic mass is 10.1. The second-order valence-corrected chi connectivity index (χ2v) is 3.83. The molecule has 0 aliphatic rings. The van der Waals surface area contributed by atoms with E-state index in [2.05, 4.69) is 20.2 Å². The van der Waals surface area contributed by atoms with Crippen molar-refractivity contribution in [2.75, 3.05) is 0 Å². The predicted molar refractivity (Wildman–Crippen MR) is 62.1 cm³/mol. The van der Waals surface area contributed by atoms with Crippen LogP contribution >= 0.6 is 11.6 Å². The molecule has 0 radical (unpaired) electrons. The minimum Gasteiger partial charge on any atom is -0.285 e. The molecule has 2 heterocycles. The average Bonchev–Trinajstić information content (AvgIpc) is 2.80. The molecule has 17 heavy (non-hydrogen) atoms. The van der Waals surface area contributed by atoms with E-state index in [0.717, 1.165) is 10.9 Å². The van der Waals surface area contributed by atoms with Crippen LogP contribution in [-0.2, 0) is 0 Å². The molecule has 3 aromatic rings. The Labute approximate surface area is 100 Å². The van der Waals surface area contributed by atoms with Gasteiger partial charge in [0.25, 0.3) is 0 Å². The van der Waals surface area contributed by atoms with Crippen LogP contribution in [0.3, 0.4) is 0 Å². The number of fused-ring (bicyclic) bond motifs is 1. The van der Waals surface area contributed by atoms with Crippen LogP contribution in [0.15, 0.2) is 30.6 Å². The molecule has 1 aromatic carbocycles. The molecule has 0 atom stereocenters. The topological polar surface area (TPSA) is 54.5 Å². The molecule has 0 fully saturated rings. The van der Waals surface area contributed by atoms with Crippen LogP contribution in [0.1, 0.15) is 0 Å². The van der Waals surface area contributed by atoms with Gasteiger partial charge in [-0.05, 0) is 23.7 Å². The van der Waals surface area contributed by atoms with Gasteiger partial charge in [0, 0.05) is 23.2 Å². The summed E-state index contributed by atoms with van der Waals surface area (Å²) in [6.45, 7) is 0. The summed E-state index contributed by atoms with van der Waals surface area (Å²) in [5, 5.41) is 7.36. The van der Waals surface area contributed by atoms with Gasteiger partial charge in [-0.1, -0.05) is 0 Å². The van der Waals surface area contributed by atoms with E-state index in [1.54, 1.807) is 18.5 Å². The van der Waals surface area contributed by atoms with Crippen LogP contribution in [0.25, 0.3) is 22.2 Å². The van der Waals surface area contributed by atoms with Gasteiger partial charge in [0.1, 0.15) is 5.82 Å². The average molecular weight is 249 g/mol. The number of hydrogen-bond donors (Lipinski definition) is 1. The van der Waals surface area contributed by atoms with Crippen molar-refractivity contribution < 1.29 is 4.39 Å². The van der Waals surface area contributed by atoms with Crippen LogP contribution in [0.2, 0.25) is 5.28 Å². The molecule has 3 rings (SSSR count). The van der Waals surface area contributed by atoms with Gasteiger partial charge in [-0.15, -0.1) is 0 Å². The zero-order valence-corrected chi connectivity index (χ0v) is 9.24. The van der Waals surface area contributed by atoms with Crippen molar-refractivity contribution in [1.29, 1.82) is 0 Å². The Kier molecular flexibility index (Phi) is 2.26. The lowest BCUT2D eigenvalue weighted by molar-refractivity contribution is 0.629. The Morgan fingerprint density at radius 3 is 2.88 bits per heavy atom. The Hall–Kier alpha value is -2.01. The highest BCUT2D eigenvalue weighted by Crippen LogP contribution is 2.26. The van der Waals surface area contributed by atoms with E-state index in [4.69, 9.17) is 11.6 Å². The van der Waals surface area contributed by atoms with Crippen LogP contribution in [0, 0.1) is 5.82 Å². The van der Waals surface area contributed by atoms with E-state index < -0.39 is 0 Å². The zero-order valence-electron chi connectivity index (χ0n) is 8.48. The van der Waals surface area contributed by atoms with E-state index in [1.807, 2.05) is 0 Å². The minimum absolute atomic E-state index is 0.0827. The molecule has 0 saturated carbocycles. The van der Waals surface area contributed by atoms with Gasteiger partial charge >= 0.3 is 0 Å². The van der Waals surface area contributed by atoms with Gasteiger partial charge in [-0.3, -0.25) is 5.10 Å². The number of benzene rings is 1. The fraction of sp³-hybridized carbons (Fsp3) is 0. The highest BCUT2D eigenvalue weighted by atomic mass is 35.5. The number of rotatable bonds is 1. The SMILES string of the molecule is Fc1ccc2c(-c3cn[nH]c3)nc(Cl)nc2c1. The normalized spacial score (nSPS) is 10.9. The summed E-state index contributed by atoms with van der Waals surface area (Å²) in [7, 11) is 0. The maximum Gasteiger partial charge on any atom is 0.223 e. The fourth-order valence-electron chi connectivity index (χ4n) is 1.67.